The van der Waals surface area contributed by atoms with E-state index in [-0.39, 0.29) is 0 Å². The summed E-state index contributed by atoms with van der Waals surface area (Å²) in [5.74, 6) is 6.58. The van der Waals surface area contributed by atoms with E-state index in [1.54, 1.807) is 0 Å². The number of aromatic nitrogens is 2. The maximum Gasteiger partial charge on any atom is 0.0522 e. The van der Waals surface area contributed by atoms with Crippen LogP contribution in [0, 0.1) is 52.3 Å². The molecule has 2 nitrogen and oxygen atoms in total. The van der Waals surface area contributed by atoms with E-state index >= 15 is 0 Å². The second kappa shape index (κ2) is 7.66. The summed E-state index contributed by atoms with van der Waals surface area (Å²) >= 11 is 0. The fourth-order valence-corrected chi connectivity index (χ4v) is 9.49. The Balaban J connectivity index is 1.33. The topological polar surface area (TPSA) is 28.7 Å². The van der Waals surface area contributed by atoms with Crippen molar-refractivity contribution in [1.29, 1.82) is 0 Å². The van der Waals surface area contributed by atoms with Crippen LogP contribution in [0.25, 0.3) is 0 Å². The molecule has 1 N–H and O–H groups in total. The van der Waals surface area contributed by atoms with Crippen molar-refractivity contribution in [3.63, 3.8) is 0 Å². The zero-order chi connectivity index (χ0) is 21.1. The van der Waals surface area contributed by atoms with Gasteiger partial charge in [-0.1, -0.05) is 53.9 Å². The third-order valence-electron chi connectivity index (χ3n) is 11.1. The third-order valence-corrected chi connectivity index (χ3v) is 11.1. The summed E-state index contributed by atoms with van der Waals surface area (Å²) < 4.78 is 0. The van der Waals surface area contributed by atoms with Crippen LogP contribution < -0.4 is 0 Å². The summed E-state index contributed by atoms with van der Waals surface area (Å²) in [5, 5.41) is 7.72. The first-order chi connectivity index (χ1) is 14.3. The molecule has 0 radical (unpaired) electrons. The van der Waals surface area contributed by atoms with Gasteiger partial charge < -0.3 is 0 Å². The van der Waals surface area contributed by atoms with Gasteiger partial charge in [-0.3, -0.25) is 5.10 Å². The molecule has 4 aliphatic rings. The average molecular weight is 411 g/mol. The van der Waals surface area contributed by atoms with Crippen molar-refractivity contribution in [1.82, 2.24) is 10.2 Å². The average Bonchev–Trinajstić information content (AvgIpc) is 3.28. The normalized spacial score (nSPS) is 43.6. The molecule has 1 aromatic heterocycles. The second-order valence-corrected chi connectivity index (χ2v) is 12.9. The summed E-state index contributed by atoms with van der Waals surface area (Å²) in [6.45, 7) is 12.8. The lowest BCUT2D eigenvalue weighted by Gasteiger charge is -2.60. The monoisotopic (exact) mass is 410 g/mol. The lowest BCUT2D eigenvalue weighted by Crippen LogP contribution is -2.54. The van der Waals surface area contributed by atoms with Gasteiger partial charge in [0.15, 0.2) is 0 Å². The van der Waals surface area contributed by atoms with Crippen molar-refractivity contribution in [3.05, 3.63) is 17.5 Å². The van der Waals surface area contributed by atoms with Crippen LogP contribution in [0.4, 0.5) is 0 Å². The molecule has 3 saturated carbocycles. The van der Waals surface area contributed by atoms with E-state index in [1.165, 1.54) is 81.9 Å². The van der Waals surface area contributed by atoms with Crippen molar-refractivity contribution in [2.75, 3.05) is 0 Å². The highest BCUT2D eigenvalue weighted by molar-refractivity contribution is 5.25. The number of nitrogens with zero attached hydrogens (tertiary/aromatic N) is 1. The number of hydrogen-bond donors (Lipinski definition) is 1. The molecule has 8 atom stereocenters. The summed E-state index contributed by atoms with van der Waals surface area (Å²) in [6, 6.07) is 0. The highest BCUT2D eigenvalue weighted by Crippen LogP contribution is 2.67. The van der Waals surface area contributed by atoms with Gasteiger partial charge in [-0.05, 0) is 109 Å². The Kier molecular flexibility index (Phi) is 5.38. The summed E-state index contributed by atoms with van der Waals surface area (Å²) in [4.78, 5) is 0. The molecule has 5 rings (SSSR count). The molecule has 1 heterocycles. The van der Waals surface area contributed by atoms with E-state index in [1.807, 2.05) is 0 Å². The standard InChI is InChI=1S/C28H46N2/c1-18(2)7-6-8-19(3)23-11-12-24-22-10-9-21-15-26-20(17-29-30-26)16-28(21,5)25(22)13-14-27(23,24)4/h17-19,21-25H,6-16H2,1-5H3,(H,29,30). The van der Waals surface area contributed by atoms with Gasteiger partial charge in [-0.25, -0.2) is 0 Å². The molecule has 0 aromatic carbocycles. The predicted molar refractivity (Wildman–Crippen MR) is 125 cm³/mol. The number of aromatic amines is 1. The summed E-state index contributed by atoms with van der Waals surface area (Å²) in [7, 11) is 0. The molecule has 8 unspecified atom stereocenters. The number of rotatable bonds is 5. The van der Waals surface area contributed by atoms with E-state index in [0.29, 0.717) is 10.8 Å². The minimum absolute atomic E-state index is 0.516. The zero-order valence-corrected chi connectivity index (χ0v) is 20.3. The number of fused-ring (bicyclic) bond motifs is 6. The first-order valence-electron chi connectivity index (χ1n) is 13.3. The Morgan fingerprint density at radius 3 is 2.60 bits per heavy atom. The maximum atomic E-state index is 4.40. The first kappa shape index (κ1) is 21.1. The van der Waals surface area contributed by atoms with Crippen LogP contribution in [0.2, 0.25) is 0 Å². The van der Waals surface area contributed by atoms with Crippen molar-refractivity contribution < 1.29 is 0 Å². The lowest BCUT2D eigenvalue weighted by molar-refractivity contribution is -0.103. The van der Waals surface area contributed by atoms with Crippen molar-refractivity contribution >= 4 is 0 Å². The van der Waals surface area contributed by atoms with Crippen molar-refractivity contribution in [2.45, 2.75) is 105 Å². The van der Waals surface area contributed by atoms with Crippen LogP contribution in [0.5, 0.6) is 0 Å². The Bertz CT molecular complexity index is 750. The summed E-state index contributed by atoms with van der Waals surface area (Å²) in [5.41, 5.74) is 4.12. The highest BCUT2D eigenvalue weighted by Gasteiger charge is 2.60. The largest absolute Gasteiger partial charge is 0.282 e. The van der Waals surface area contributed by atoms with Crippen LogP contribution in [-0.2, 0) is 12.8 Å². The van der Waals surface area contributed by atoms with Gasteiger partial charge in [0, 0.05) is 5.69 Å². The van der Waals surface area contributed by atoms with Gasteiger partial charge in [-0.2, -0.15) is 5.10 Å². The number of nitrogens with one attached hydrogen (secondary N) is 1. The van der Waals surface area contributed by atoms with Crippen LogP contribution in [0.15, 0.2) is 6.20 Å². The van der Waals surface area contributed by atoms with Gasteiger partial charge in [0.05, 0.1) is 6.20 Å². The quantitative estimate of drug-likeness (QED) is 0.536. The molecule has 0 saturated heterocycles. The van der Waals surface area contributed by atoms with E-state index in [4.69, 9.17) is 0 Å². The third kappa shape index (κ3) is 3.22. The Morgan fingerprint density at radius 2 is 1.80 bits per heavy atom. The Labute approximate surface area is 185 Å². The van der Waals surface area contributed by atoms with Crippen molar-refractivity contribution in [3.8, 4) is 0 Å². The maximum absolute atomic E-state index is 4.40. The van der Waals surface area contributed by atoms with E-state index < -0.39 is 0 Å². The first-order valence-corrected chi connectivity index (χ1v) is 13.3. The smallest absolute Gasteiger partial charge is 0.0522 e. The van der Waals surface area contributed by atoms with Gasteiger partial charge in [0.25, 0.3) is 0 Å². The van der Waals surface area contributed by atoms with Gasteiger partial charge in [0.2, 0.25) is 0 Å². The molecule has 1 aromatic rings. The molecule has 0 bridgehead atoms. The van der Waals surface area contributed by atoms with Crippen LogP contribution in [-0.4, -0.2) is 10.2 Å². The molecular formula is C28H46N2. The van der Waals surface area contributed by atoms with Gasteiger partial charge in [-0.15, -0.1) is 0 Å². The van der Waals surface area contributed by atoms with Gasteiger partial charge in [0.1, 0.15) is 0 Å². The molecule has 0 spiro atoms. The Morgan fingerprint density at radius 1 is 1.00 bits per heavy atom. The Hall–Kier alpha value is -0.790. The molecule has 168 valence electrons. The zero-order valence-electron chi connectivity index (χ0n) is 20.3. The van der Waals surface area contributed by atoms with Crippen LogP contribution >= 0.6 is 0 Å². The van der Waals surface area contributed by atoms with E-state index in [0.717, 1.165) is 41.4 Å². The van der Waals surface area contributed by atoms with Crippen LogP contribution in [0.1, 0.15) is 104 Å². The molecule has 0 amide bonds. The van der Waals surface area contributed by atoms with Crippen molar-refractivity contribution in [2.24, 2.45) is 52.3 Å². The summed E-state index contributed by atoms with van der Waals surface area (Å²) in [6.07, 6.45) is 18.0. The van der Waals surface area contributed by atoms with Crippen LogP contribution in [0.3, 0.4) is 0 Å². The SMILES string of the molecule is CC(C)CCCC(C)C1CCC2C3CCC4Cc5[nH]ncc5CC4(C)C3CCC12C. The lowest BCUT2D eigenvalue weighted by atomic mass is 9.44. The predicted octanol–water partition coefficient (Wildman–Crippen LogP) is 7.45. The second-order valence-electron chi connectivity index (χ2n) is 12.9. The molecule has 0 aliphatic heterocycles. The molecule has 3 fully saturated rings. The highest BCUT2D eigenvalue weighted by atomic mass is 15.1. The number of H-pyrrole nitrogens is 1. The minimum Gasteiger partial charge on any atom is -0.282 e. The molecule has 2 heteroatoms. The van der Waals surface area contributed by atoms with E-state index in [2.05, 4.69) is 51.0 Å². The van der Waals surface area contributed by atoms with Gasteiger partial charge >= 0.3 is 0 Å². The molecule has 30 heavy (non-hydrogen) atoms. The fraction of sp³-hybridized carbons (Fsp3) is 0.893. The minimum atomic E-state index is 0.516. The molecule has 4 aliphatic carbocycles. The number of hydrogen-bond acceptors (Lipinski definition) is 1. The molecular weight excluding hydrogens is 364 g/mol. The fourth-order valence-electron chi connectivity index (χ4n) is 9.49. The van der Waals surface area contributed by atoms with E-state index in [9.17, 15) is 0 Å².